The smallest absolute Gasteiger partial charge is 0.257 e. The van der Waals surface area contributed by atoms with Gasteiger partial charge in [-0.2, -0.15) is 0 Å². The van der Waals surface area contributed by atoms with Crippen LogP contribution in [-0.2, 0) is 14.9 Å². The lowest BCUT2D eigenvalue weighted by atomic mass is 9.74. The van der Waals surface area contributed by atoms with E-state index in [0.29, 0.717) is 25.5 Å². The van der Waals surface area contributed by atoms with Crippen LogP contribution in [0, 0.1) is 6.92 Å². The van der Waals surface area contributed by atoms with Crippen LogP contribution >= 0.6 is 0 Å². The summed E-state index contributed by atoms with van der Waals surface area (Å²) < 4.78 is 21.2. The molecule has 1 N–H and O–H groups in total. The third-order valence-electron chi connectivity index (χ3n) is 5.06. The lowest BCUT2D eigenvalue weighted by molar-refractivity contribution is -0.123. The first-order valence-corrected chi connectivity index (χ1v) is 9.24. The second kappa shape index (κ2) is 8.93. The molecule has 0 spiro atoms. The lowest BCUT2D eigenvalue weighted by Gasteiger charge is -2.38. The van der Waals surface area contributed by atoms with Crippen LogP contribution < -0.4 is 20.2 Å². The van der Waals surface area contributed by atoms with Crippen molar-refractivity contribution in [2.45, 2.75) is 25.2 Å². The van der Waals surface area contributed by atoms with Crippen LogP contribution in [0.4, 0.5) is 0 Å². The fourth-order valence-electron chi connectivity index (χ4n) is 3.34. The molecule has 2 heterocycles. The second-order valence-corrected chi connectivity index (χ2v) is 6.91. The van der Waals surface area contributed by atoms with Crippen molar-refractivity contribution < 1.29 is 23.4 Å². The first-order valence-electron chi connectivity index (χ1n) is 9.24. The molecule has 0 atom stereocenters. The first-order chi connectivity index (χ1) is 13.5. The number of hydrogen-bond donors (Lipinski definition) is 1. The largest absolute Gasteiger partial charge is 0.497 e. The molecule has 2 aromatic rings. The predicted molar refractivity (Wildman–Crippen MR) is 103 cm³/mol. The number of aryl methyl sites for hydroxylation is 1. The van der Waals surface area contributed by atoms with E-state index in [1.165, 1.54) is 12.3 Å². The number of methoxy groups -OCH3 is 1. The lowest BCUT2D eigenvalue weighted by Crippen LogP contribution is -2.45. The van der Waals surface area contributed by atoms with Crippen LogP contribution in [0.25, 0.3) is 0 Å². The van der Waals surface area contributed by atoms with E-state index in [9.17, 15) is 9.59 Å². The molecule has 7 nitrogen and oxygen atoms in total. The summed E-state index contributed by atoms with van der Waals surface area (Å²) in [4.78, 5) is 24.1. The Morgan fingerprint density at radius 2 is 1.93 bits per heavy atom. The van der Waals surface area contributed by atoms with Crippen molar-refractivity contribution in [1.82, 2.24) is 5.32 Å². The van der Waals surface area contributed by atoms with Crippen molar-refractivity contribution in [2.24, 2.45) is 0 Å². The Morgan fingerprint density at radius 1 is 1.21 bits per heavy atom. The summed E-state index contributed by atoms with van der Waals surface area (Å²) in [6.07, 6.45) is 2.84. The van der Waals surface area contributed by atoms with Crippen LogP contribution in [-0.4, -0.2) is 39.4 Å². The quantitative estimate of drug-likeness (QED) is 0.784. The van der Waals surface area contributed by atoms with Gasteiger partial charge >= 0.3 is 0 Å². The van der Waals surface area contributed by atoms with E-state index < -0.39 is 0 Å². The second-order valence-electron chi connectivity index (χ2n) is 6.91. The van der Waals surface area contributed by atoms with Gasteiger partial charge in [0, 0.05) is 31.2 Å². The molecular weight excluding hydrogens is 362 g/mol. The monoisotopic (exact) mass is 387 g/mol. The maximum absolute atomic E-state index is 12.3. The van der Waals surface area contributed by atoms with Crippen LogP contribution in [0.3, 0.4) is 0 Å². The van der Waals surface area contributed by atoms with Crippen molar-refractivity contribution in [3.05, 3.63) is 58.1 Å². The number of rotatable bonds is 7. The number of amides is 1. The molecule has 1 saturated heterocycles. The zero-order chi connectivity index (χ0) is 20.0. The molecule has 0 aliphatic carbocycles. The molecule has 28 heavy (non-hydrogen) atoms. The fourth-order valence-corrected chi connectivity index (χ4v) is 3.34. The van der Waals surface area contributed by atoms with E-state index in [-0.39, 0.29) is 29.1 Å². The number of nitrogens with one attached hydrogen (secondary N) is 1. The summed E-state index contributed by atoms with van der Waals surface area (Å²) in [6, 6.07) is 9.24. The highest BCUT2D eigenvalue weighted by atomic mass is 16.5. The molecule has 0 unspecified atom stereocenters. The summed E-state index contributed by atoms with van der Waals surface area (Å²) >= 11 is 0. The highest BCUT2D eigenvalue weighted by Crippen LogP contribution is 2.35. The maximum atomic E-state index is 12.3. The molecule has 1 aliphatic heterocycles. The highest BCUT2D eigenvalue weighted by molar-refractivity contribution is 5.77. The Labute approximate surface area is 163 Å². The Morgan fingerprint density at radius 3 is 2.57 bits per heavy atom. The van der Waals surface area contributed by atoms with E-state index in [1.54, 1.807) is 14.0 Å². The van der Waals surface area contributed by atoms with E-state index in [0.717, 1.165) is 24.2 Å². The zero-order valence-electron chi connectivity index (χ0n) is 16.2. The number of carbonyl (C=O) groups is 1. The number of ether oxygens (including phenoxy) is 3. The number of carbonyl (C=O) groups excluding carboxylic acids is 1. The number of benzene rings is 1. The molecule has 7 heteroatoms. The Bertz CT molecular complexity index is 852. The summed E-state index contributed by atoms with van der Waals surface area (Å²) in [5, 5.41) is 2.94. The highest BCUT2D eigenvalue weighted by Gasteiger charge is 2.35. The zero-order valence-corrected chi connectivity index (χ0v) is 16.2. The molecule has 1 fully saturated rings. The summed E-state index contributed by atoms with van der Waals surface area (Å²) in [6.45, 7) is 3.17. The van der Waals surface area contributed by atoms with Crippen molar-refractivity contribution in [1.29, 1.82) is 0 Å². The standard InChI is InChI=1S/C21H25NO6/c1-15-11-18(23)19(12-27-15)28-13-20(24)22-14-21(7-9-26-10-8-21)16-3-5-17(25-2)6-4-16/h3-6,11-12H,7-10,13-14H2,1-2H3,(H,22,24). The third-order valence-corrected chi connectivity index (χ3v) is 5.06. The first kappa shape index (κ1) is 19.9. The Balaban J connectivity index is 1.63. The van der Waals surface area contributed by atoms with Crippen LogP contribution in [0.15, 0.2) is 45.8 Å². The van der Waals surface area contributed by atoms with Crippen LogP contribution in [0.1, 0.15) is 24.2 Å². The van der Waals surface area contributed by atoms with Crippen molar-refractivity contribution in [3.8, 4) is 11.5 Å². The average molecular weight is 387 g/mol. The van der Waals surface area contributed by atoms with Gasteiger partial charge in [-0.15, -0.1) is 0 Å². The predicted octanol–water partition coefficient (Wildman–Crippen LogP) is 2.20. The van der Waals surface area contributed by atoms with E-state index in [1.807, 2.05) is 24.3 Å². The molecule has 3 rings (SSSR count). The molecule has 0 saturated carbocycles. The van der Waals surface area contributed by atoms with Gasteiger partial charge in [-0.25, -0.2) is 0 Å². The minimum absolute atomic E-state index is 0.0247. The van der Waals surface area contributed by atoms with Gasteiger partial charge in [0.15, 0.2) is 6.61 Å². The summed E-state index contributed by atoms with van der Waals surface area (Å²) in [5.74, 6) is 1.01. The Kier molecular flexibility index (Phi) is 6.36. The average Bonchev–Trinajstić information content (AvgIpc) is 2.72. The van der Waals surface area contributed by atoms with E-state index in [2.05, 4.69) is 5.32 Å². The van der Waals surface area contributed by atoms with Gasteiger partial charge in [0.1, 0.15) is 17.8 Å². The molecular formula is C21H25NO6. The van der Waals surface area contributed by atoms with Crippen molar-refractivity contribution in [2.75, 3.05) is 33.5 Å². The molecule has 1 aliphatic rings. The van der Waals surface area contributed by atoms with Crippen molar-refractivity contribution >= 4 is 5.91 Å². The van der Waals surface area contributed by atoms with E-state index in [4.69, 9.17) is 18.6 Å². The topological polar surface area (TPSA) is 87.0 Å². The van der Waals surface area contributed by atoms with Crippen LogP contribution in [0.2, 0.25) is 0 Å². The van der Waals surface area contributed by atoms with Crippen molar-refractivity contribution in [3.63, 3.8) is 0 Å². The number of hydrogen-bond acceptors (Lipinski definition) is 6. The molecule has 1 aromatic carbocycles. The van der Waals surface area contributed by atoms with Gasteiger partial charge in [-0.05, 0) is 37.5 Å². The minimum Gasteiger partial charge on any atom is -0.497 e. The third kappa shape index (κ3) is 4.72. The van der Waals surface area contributed by atoms with Crippen LogP contribution in [0.5, 0.6) is 11.5 Å². The van der Waals surface area contributed by atoms with Gasteiger partial charge in [-0.1, -0.05) is 12.1 Å². The maximum Gasteiger partial charge on any atom is 0.257 e. The van der Waals surface area contributed by atoms with Gasteiger partial charge in [-0.3, -0.25) is 9.59 Å². The molecule has 1 aromatic heterocycles. The van der Waals surface area contributed by atoms with Gasteiger partial charge in [0.25, 0.3) is 5.91 Å². The summed E-state index contributed by atoms with van der Waals surface area (Å²) in [7, 11) is 1.63. The molecule has 0 bridgehead atoms. The normalized spacial score (nSPS) is 15.6. The molecule has 0 radical (unpaired) electrons. The van der Waals surface area contributed by atoms with Gasteiger partial charge < -0.3 is 23.9 Å². The Hall–Kier alpha value is -2.80. The van der Waals surface area contributed by atoms with E-state index >= 15 is 0 Å². The SMILES string of the molecule is COc1ccc(C2(CNC(=O)COc3coc(C)cc3=O)CCOCC2)cc1. The summed E-state index contributed by atoms with van der Waals surface area (Å²) in [5.41, 5.74) is 0.621. The minimum atomic E-state index is -0.310. The molecule has 150 valence electrons. The van der Waals surface area contributed by atoms with Gasteiger partial charge in [0.2, 0.25) is 11.2 Å². The van der Waals surface area contributed by atoms with Gasteiger partial charge in [0.05, 0.1) is 7.11 Å². The fraction of sp³-hybridized carbons (Fsp3) is 0.429. The molecule has 1 amide bonds.